The molecule has 0 saturated carbocycles. The SMILES string of the molecule is C#Cc1ccc(-c2ccc(N(C=C)C3=C(C)CCC=C3)cc2)cc1/C=C(\C)c1ccc(C(/N=C(\N=C(/C)c2ccccc2)c2ccccc2)=C(\C)CC)cc1. The Hall–Kier alpha value is -6.50. The predicted molar refractivity (Wildman–Crippen MR) is 238 cm³/mol. The van der Waals surface area contributed by atoms with Crippen LogP contribution < -0.4 is 4.90 Å². The monoisotopic (exact) mass is 715 g/mol. The molecule has 0 aliphatic heterocycles. The molecule has 272 valence electrons. The van der Waals surface area contributed by atoms with Gasteiger partial charge in [-0.15, -0.1) is 6.42 Å². The Kier molecular flexibility index (Phi) is 12.5. The molecule has 5 aromatic carbocycles. The van der Waals surface area contributed by atoms with Gasteiger partial charge in [-0.05, 0) is 122 Å². The van der Waals surface area contributed by atoms with Gasteiger partial charge in [-0.3, -0.25) is 0 Å². The molecule has 55 heavy (non-hydrogen) atoms. The second-order valence-electron chi connectivity index (χ2n) is 13.9. The van der Waals surface area contributed by atoms with Gasteiger partial charge in [0.05, 0.1) is 5.70 Å². The molecule has 0 amide bonds. The van der Waals surface area contributed by atoms with Crippen molar-refractivity contribution in [3.63, 3.8) is 0 Å². The number of terminal acetylenes is 1. The van der Waals surface area contributed by atoms with Gasteiger partial charge in [0.1, 0.15) is 0 Å². The third kappa shape index (κ3) is 9.18. The molecule has 0 heterocycles. The highest BCUT2D eigenvalue weighted by Crippen LogP contribution is 2.32. The average molecular weight is 716 g/mol. The molecule has 0 fully saturated rings. The Labute approximate surface area is 328 Å². The van der Waals surface area contributed by atoms with E-state index in [1.165, 1.54) is 16.8 Å². The molecule has 3 nitrogen and oxygen atoms in total. The molecule has 0 spiro atoms. The smallest absolute Gasteiger partial charge is 0.160 e. The summed E-state index contributed by atoms with van der Waals surface area (Å²) in [5, 5.41) is 0. The molecule has 1 aliphatic carbocycles. The minimum absolute atomic E-state index is 0.688. The van der Waals surface area contributed by atoms with E-state index in [1.54, 1.807) is 0 Å². The summed E-state index contributed by atoms with van der Waals surface area (Å²) in [5.41, 5.74) is 16.1. The van der Waals surface area contributed by atoms with Crippen molar-refractivity contribution < 1.29 is 0 Å². The maximum atomic E-state index is 6.01. The average Bonchev–Trinajstić information content (AvgIpc) is 3.24. The summed E-state index contributed by atoms with van der Waals surface area (Å²) in [5.74, 6) is 3.58. The van der Waals surface area contributed by atoms with Gasteiger partial charge in [0.2, 0.25) is 0 Å². The van der Waals surface area contributed by atoms with Crippen molar-refractivity contribution in [1.29, 1.82) is 0 Å². The highest BCUT2D eigenvalue weighted by molar-refractivity contribution is 6.12. The fraction of sp³-hybridized carbons (Fsp3) is 0.154. The van der Waals surface area contributed by atoms with Gasteiger partial charge in [-0.1, -0.05) is 135 Å². The number of rotatable bonds is 11. The number of hydrogen-bond donors (Lipinski definition) is 0. The van der Waals surface area contributed by atoms with Crippen molar-refractivity contribution >= 4 is 34.6 Å². The first kappa shape index (κ1) is 38.2. The van der Waals surface area contributed by atoms with E-state index in [-0.39, 0.29) is 0 Å². The lowest BCUT2D eigenvalue weighted by Gasteiger charge is -2.25. The number of hydrogen-bond acceptors (Lipinski definition) is 2. The molecule has 5 aromatic rings. The van der Waals surface area contributed by atoms with Crippen LogP contribution in [0.2, 0.25) is 0 Å². The summed E-state index contributed by atoms with van der Waals surface area (Å²) in [6.45, 7) is 14.8. The van der Waals surface area contributed by atoms with E-state index in [2.05, 4.69) is 148 Å². The van der Waals surface area contributed by atoms with Crippen LogP contribution >= 0.6 is 0 Å². The Bertz CT molecular complexity index is 2380. The minimum Gasteiger partial charge on any atom is -0.318 e. The largest absolute Gasteiger partial charge is 0.318 e. The van der Waals surface area contributed by atoms with E-state index in [9.17, 15) is 0 Å². The zero-order valence-electron chi connectivity index (χ0n) is 32.7. The van der Waals surface area contributed by atoms with Crippen molar-refractivity contribution in [3.8, 4) is 23.5 Å². The zero-order valence-corrected chi connectivity index (χ0v) is 32.7. The lowest BCUT2D eigenvalue weighted by Crippen LogP contribution is -2.16. The second kappa shape index (κ2) is 18.0. The number of benzene rings is 5. The Morgan fingerprint density at radius 1 is 0.764 bits per heavy atom. The van der Waals surface area contributed by atoms with Gasteiger partial charge in [0, 0.05) is 40.0 Å². The van der Waals surface area contributed by atoms with Crippen LogP contribution in [-0.2, 0) is 0 Å². The van der Waals surface area contributed by atoms with E-state index < -0.39 is 0 Å². The highest BCUT2D eigenvalue weighted by Gasteiger charge is 2.14. The van der Waals surface area contributed by atoms with E-state index in [1.807, 2.05) is 55.6 Å². The Balaban J connectivity index is 1.29. The standard InChI is InChI=1S/C52H49N3/c1-8-37(4)51(54-52(46-22-15-12-16-23-46)53-40(7)43-20-13-11-14-21-43)45-28-26-42(27-29-45)39(6)35-48-36-47(30-25-41(48)9-2)44-31-33-49(34-32-44)55(10-3)50-24-18-17-19-38(50)5/h2,10-16,18,20-36H,3,8,17,19H2,1,4-7H3/b39-35+,51-37-,53-40+,54-52-. The number of aliphatic imine (C=N–C) groups is 2. The molecule has 0 saturated heterocycles. The molecule has 1 aliphatic rings. The van der Waals surface area contributed by atoms with Crippen molar-refractivity contribution in [2.45, 2.75) is 53.9 Å². The van der Waals surface area contributed by atoms with Crippen molar-refractivity contribution in [3.05, 3.63) is 203 Å². The summed E-state index contributed by atoms with van der Waals surface area (Å²) in [4.78, 5) is 12.5. The fourth-order valence-electron chi connectivity index (χ4n) is 6.73. The van der Waals surface area contributed by atoms with Crippen LogP contribution in [0, 0.1) is 12.3 Å². The van der Waals surface area contributed by atoms with Gasteiger partial charge >= 0.3 is 0 Å². The molecular weight excluding hydrogens is 667 g/mol. The molecule has 0 atom stereocenters. The molecule has 0 N–H and O–H groups in total. The first-order chi connectivity index (χ1) is 26.8. The third-order valence-electron chi connectivity index (χ3n) is 10.2. The quantitative estimate of drug-likeness (QED) is 0.0579. The normalized spacial score (nSPS) is 14.0. The van der Waals surface area contributed by atoms with Crippen LogP contribution in [0.3, 0.4) is 0 Å². The molecule has 6 rings (SSSR count). The van der Waals surface area contributed by atoms with Gasteiger partial charge < -0.3 is 4.90 Å². The number of allylic oxidation sites excluding steroid dienone is 5. The minimum atomic E-state index is 0.688. The van der Waals surface area contributed by atoms with Crippen molar-refractivity contribution in [1.82, 2.24) is 0 Å². The lowest BCUT2D eigenvalue weighted by atomic mass is 9.95. The summed E-state index contributed by atoms with van der Waals surface area (Å²) in [7, 11) is 0. The summed E-state index contributed by atoms with van der Waals surface area (Å²) in [6, 6.07) is 44.1. The van der Waals surface area contributed by atoms with Gasteiger partial charge in [-0.25, -0.2) is 9.98 Å². The van der Waals surface area contributed by atoms with Crippen LogP contribution in [0.5, 0.6) is 0 Å². The maximum absolute atomic E-state index is 6.01. The Morgan fingerprint density at radius 3 is 2.02 bits per heavy atom. The Morgan fingerprint density at radius 2 is 1.40 bits per heavy atom. The van der Waals surface area contributed by atoms with Crippen molar-refractivity contribution in [2.75, 3.05) is 4.90 Å². The molecule has 0 radical (unpaired) electrons. The predicted octanol–water partition coefficient (Wildman–Crippen LogP) is 13.6. The number of nitrogens with zero attached hydrogens (tertiary/aromatic N) is 3. The van der Waals surface area contributed by atoms with Crippen molar-refractivity contribution in [2.24, 2.45) is 9.98 Å². The molecular formula is C52H49N3. The van der Waals surface area contributed by atoms with Gasteiger partial charge in [0.15, 0.2) is 5.84 Å². The van der Waals surface area contributed by atoms with E-state index in [4.69, 9.17) is 16.4 Å². The second-order valence-corrected chi connectivity index (χ2v) is 13.9. The number of amidine groups is 1. The first-order valence-electron chi connectivity index (χ1n) is 19.0. The van der Waals surface area contributed by atoms with Crippen LogP contribution in [0.4, 0.5) is 5.69 Å². The highest BCUT2D eigenvalue weighted by atomic mass is 15.1. The zero-order chi connectivity index (χ0) is 38.7. The molecule has 0 aromatic heterocycles. The van der Waals surface area contributed by atoms with Gasteiger partial charge in [0.25, 0.3) is 0 Å². The fourth-order valence-corrected chi connectivity index (χ4v) is 6.73. The summed E-state index contributed by atoms with van der Waals surface area (Å²) in [6.07, 6.45) is 17.6. The summed E-state index contributed by atoms with van der Waals surface area (Å²) < 4.78 is 0. The van der Waals surface area contributed by atoms with Crippen LogP contribution in [-0.4, -0.2) is 11.5 Å². The molecule has 0 bridgehead atoms. The van der Waals surface area contributed by atoms with Crippen LogP contribution in [0.15, 0.2) is 179 Å². The maximum Gasteiger partial charge on any atom is 0.160 e. The van der Waals surface area contributed by atoms with E-state index in [0.717, 1.165) is 86.4 Å². The first-order valence-corrected chi connectivity index (χ1v) is 19.0. The molecule has 3 heteroatoms. The van der Waals surface area contributed by atoms with Gasteiger partial charge in [-0.2, -0.15) is 0 Å². The topological polar surface area (TPSA) is 28.0 Å². The van der Waals surface area contributed by atoms with E-state index >= 15 is 0 Å². The lowest BCUT2D eigenvalue weighted by molar-refractivity contribution is 0.922. The van der Waals surface area contributed by atoms with Crippen LogP contribution in [0.25, 0.3) is 28.5 Å². The summed E-state index contributed by atoms with van der Waals surface area (Å²) >= 11 is 0. The van der Waals surface area contributed by atoms with E-state index in [0.29, 0.717) is 5.84 Å². The molecule has 0 unspecified atom stereocenters. The third-order valence-corrected chi connectivity index (χ3v) is 10.2. The van der Waals surface area contributed by atoms with Crippen LogP contribution in [0.1, 0.15) is 87.3 Å². The number of anilines is 1.